The second-order valence-corrected chi connectivity index (χ2v) is 5.21. The van der Waals surface area contributed by atoms with Crippen LogP contribution in [0.2, 0.25) is 5.02 Å². The quantitative estimate of drug-likeness (QED) is 0.853. The van der Waals surface area contributed by atoms with Gasteiger partial charge in [0.05, 0.1) is 6.10 Å². The van der Waals surface area contributed by atoms with Crippen LogP contribution in [0.3, 0.4) is 0 Å². The van der Waals surface area contributed by atoms with E-state index < -0.39 is 0 Å². The summed E-state index contributed by atoms with van der Waals surface area (Å²) in [6.07, 6.45) is 0.803. The molecule has 0 aliphatic heterocycles. The molecule has 0 aliphatic rings. The van der Waals surface area contributed by atoms with Crippen LogP contribution in [-0.2, 0) is 6.42 Å². The maximum Gasteiger partial charge on any atom is 0.323 e. The molecule has 1 heterocycles. The van der Waals surface area contributed by atoms with E-state index in [1.807, 2.05) is 38.1 Å². The van der Waals surface area contributed by atoms with E-state index in [4.69, 9.17) is 22.1 Å². The van der Waals surface area contributed by atoms with Crippen LogP contribution in [-0.4, -0.2) is 27.6 Å². The van der Waals surface area contributed by atoms with Crippen molar-refractivity contribution in [3.8, 4) is 6.01 Å². The van der Waals surface area contributed by atoms with Gasteiger partial charge in [0.2, 0.25) is 11.9 Å². The Labute approximate surface area is 128 Å². The van der Waals surface area contributed by atoms with E-state index in [1.54, 1.807) is 0 Å². The van der Waals surface area contributed by atoms with Crippen LogP contribution in [0.5, 0.6) is 6.01 Å². The van der Waals surface area contributed by atoms with Gasteiger partial charge >= 0.3 is 6.01 Å². The molecule has 7 heteroatoms. The van der Waals surface area contributed by atoms with E-state index in [9.17, 15) is 0 Å². The molecule has 0 amide bonds. The first kappa shape index (κ1) is 15.3. The number of rotatable bonds is 6. The third-order valence-corrected chi connectivity index (χ3v) is 2.84. The molecule has 0 spiro atoms. The van der Waals surface area contributed by atoms with E-state index >= 15 is 0 Å². The molecule has 0 radical (unpaired) electrons. The molecule has 21 heavy (non-hydrogen) atoms. The van der Waals surface area contributed by atoms with Gasteiger partial charge in [0.1, 0.15) is 0 Å². The second kappa shape index (κ2) is 7.08. The summed E-state index contributed by atoms with van der Waals surface area (Å²) >= 11 is 5.85. The first-order chi connectivity index (χ1) is 10.0. The van der Waals surface area contributed by atoms with Crippen molar-refractivity contribution < 1.29 is 4.74 Å². The van der Waals surface area contributed by atoms with Gasteiger partial charge in [-0.1, -0.05) is 23.7 Å². The lowest BCUT2D eigenvalue weighted by Gasteiger charge is -2.10. The Morgan fingerprint density at radius 1 is 1.19 bits per heavy atom. The predicted molar refractivity (Wildman–Crippen MR) is 83.6 cm³/mol. The zero-order chi connectivity index (χ0) is 15.2. The number of nitrogens with two attached hydrogens (primary N) is 1. The summed E-state index contributed by atoms with van der Waals surface area (Å²) in [5.41, 5.74) is 6.81. The van der Waals surface area contributed by atoms with Crippen LogP contribution in [0, 0.1) is 0 Å². The molecule has 1 aromatic carbocycles. The van der Waals surface area contributed by atoms with Crippen LogP contribution in [0.15, 0.2) is 24.3 Å². The minimum atomic E-state index is -0.0197. The average Bonchev–Trinajstić information content (AvgIpc) is 2.39. The van der Waals surface area contributed by atoms with Gasteiger partial charge in [0.15, 0.2) is 0 Å². The number of aromatic nitrogens is 3. The lowest BCUT2D eigenvalue weighted by atomic mass is 10.1. The van der Waals surface area contributed by atoms with Crippen LogP contribution < -0.4 is 15.8 Å². The number of hydrogen-bond acceptors (Lipinski definition) is 6. The second-order valence-electron chi connectivity index (χ2n) is 4.77. The lowest BCUT2D eigenvalue weighted by molar-refractivity contribution is 0.222. The molecule has 1 aromatic heterocycles. The molecular formula is C14H18ClN5O. The first-order valence-corrected chi connectivity index (χ1v) is 7.07. The molecule has 2 aromatic rings. The van der Waals surface area contributed by atoms with Crippen molar-refractivity contribution in [2.75, 3.05) is 17.6 Å². The van der Waals surface area contributed by atoms with E-state index in [0.29, 0.717) is 12.5 Å². The third kappa shape index (κ3) is 5.07. The fourth-order valence-corrected chi connectivity index (χ4v) is 1.81. The maximum atomic E-state index is 5.85. The van der Waals surface area contributed by atoms with E-state index in [-0.39, 0.29) is 18.1 Å². The normalized spacial score (nSPS) is 10.7. The number of nitrogens with one attached hydrogen (secondary N) is 1. The summed E-state index contributed by atoms with van der Waals surface area (Å²) < 4.78 is 5.42. The standard InChI is InChI=1S/C14H18ClN5O/c1-9(2)21-14-19-12(16)18-13(20-14)17-8-7-10-3-5-11(15)6-4-10/h3-6,9H,7-8H2,1-2H3,(H3,16,17,18,19,20). The molecule has 0 saturated heterocycles. The molecule has 0 bridgehead atoms. The highest BCUT2D eigenvalue weighted by Crippen LogP contribution is 2.12. The SMILES string of the molecule is CC(C)Oc1nc(N)nc(NCCc2ccc(Cl)cc2)n1. The summed E-state index contributed by atoms with van der Waals surface area (Å²) in [6, 6.07) is 7.93. The van der Waals surface area contributed by atoms with Crippen LogP contribution in [0.4, 0.5) is 11.9 Å². The van der Waals surface area contributed by atoms with Crippen molar-refractivity contribution in [1.29, 1.82) is 0 Å². The monoisotopic (exact) mass is 307 g/mol. The molecule has 3 N–H and O–H groups in total. The molecule has 0 unspecified atom stereocenters. The van der Waals surface area contributed by atoms with Crippen molar-refractivity contribution >= 4 is 23.5 Å². The van der Waals surface area contributed by atoms with E-state index in [2.05, 4.69) is 20.3 Å². The van der Waals surface area contributed by atoms with Gasteiger partial charge in [-0.3, -0.25) is 0 Å². The van der Waals surface area contributed by atoms with Crippen molar-refractivity contribution in [3.05, 3.63) is 34.9 Å². The number of benzene rings is 1. The third-order valence-electron chi connectivity index (χ3n) is 2.58. The zero-order valence-corrected chi connectivity index (χ0v) is 12.8. The smallest absolute Gasteiger partial charge is 0.323 e. The molecule has 0 saturated carbocycles. The Hall–Kier alpha value is -2.08. The number of halogens is 1. The van der Waals surface area contributed by atoms with Crippen molar-refractivity contribution in [2.45, 2.75) is 26.4 Å². The van der Waals surface area contributed by atoms with Gasteiger partial charge in [-0.25, -0.2) is 0 Å². The molecule has 0 fully saturated rings. The lowest BCUT2D eigenvalue weighted by Crippen LogP contribution is -2.14. The van der Waals surface area contributed by atoms with Gasteiger partial charge in [-0.15, -0.1) is 0 Å². The van der Waals surface area contributed by atoms with Crippen molar-refractivity contribution in [1.82, 2.24) is 15.0 Å². The average molecular weight is 308 g/mol. The van der Waals surface area contributed by atoms with Crippen LogP contribution >= 0.6 is 11.6 Å². The summed E-state index contributed by atoms with van der Waals surface area (Å²) in [5.74, 6) is 0.543. The number of nitrogens with zero attached hydrogens (tertiary/aromatic N) is 3. The minimum absolute atomic E-state index is 0.0197. The number of hydrogen-bond donors (Lipinski definition) is 2. The minimum Gasteiger partial charge on any atom is -0.461 e. The molecule has 6 nitrogen and oxygen atoms in total. The van der Waals surface area contributed by atoms with Gasteiger partial charge in [0, 0.05) is 11.6 Å². The van der Waals surface area contributed by atoms with Crippen LogP contribution in [0.1, 0.15) is 19.4 Å². The zero-order valence-electron chi connectivity index (χ0n) is 12.0. The summed E-state index contributed by atoms with van der Waals surface area (Å²) in [7, 11) is 0. The number of nitrogen functional groups attached to an aromatic ring is 1. The highest BCUT2D eigenvalue weighted by Gasteiger charge is 2.06. The number of ether oxygens (including phenoxy) is 1. The highest BCUT2D eigenvalue weighted by molar-refractivity contribution is 6.30. The molecule has 2 rings (SSSR count). The first-order valence-electron chi connectivity index (χ1n) is 6.69. The highest BCUT2D eigenvalue weighted by atomic mass is 35.5. The maximum absolute atomic E-state index is 5.85. The molecule has 0 atom stereocenters. The van der Waals surface area contributed by atoms with Crippen LogP contribution in [0.25, 0.3) is 0 Å². The van der Waals surface area contributed by atoms with Gasteiger partial charge in [-0.2, -0.15) is 15.0 Å². The summed E-state index contributed by atoms with van der Waals surface area (Å²) in [6.45, 7) is 4.47. The fourth-order valence-electron chi connectivity index (χ4n) is 1.68. The van der Waals surface area contributed by atoms with Gasteiger partial charge in [-0.05, 0) is 38.0 Å². The Bertz CT molecular complexity index is 588. The molecule has 112 valence electrons. The molecule has 0 aliphatic carbocycles. The Morgan fingerprint density at radius 2 is 1.90 bits per heavy atom. The summed E-state index contributed by atoms with van der Waals surface area (Å²) in [5, 5.41) is 3.84. The Morgan fingerprint density at radius 3 is 2.57 bits per heavy atom. The van der Waals surface area contributed by atoms with E-state index in [1.165, 1.54) is 5.56 Å². The van der Waals surface area contributed by atoms with Crippen molar-refractivity contribution in [2.24, 2.45) is 0 Å². The van der Waals surface area contributed by atoms with Gasteiger partial charge in [0.25, 0.3) is 0 Å². The summed E-state index contributed by atoms with van der Waals surface area (Å²) in [4.78, 5) is 12.1. The molecular weight excluding hydrogens is 290 g/mol. The fraction of sp³-hybridized carbons (Fsp3) is 0.357. The van der Waals surface area contributed by atoms with E-state index in [0.717, 1.165) is 11.4 Å². The number of anilines is 2. The van der Waals surface area contributed by atoms with Gasteiger partial charge < -0.3 is 15.8 Å². The Balaban J connectivity index is 1.93. The Kier molecular flexibility index (Phi) is 5.16. The largest absolute Gasteiger partial charge is 0.461 e. The topological polar surface area (TPSA) is 86.0 Å². The predicted octanol–water partition coefficient (Wildman–Crippen LogP) is 2.55. The van der Waals surface area contributed by atoms with Crippen molar-refractivity contribution in [3.63, 3.8) is 0 Å².